The summed E-state index contributed by atoms with van der Waals surface area (Å²) < 4.78 is 27.4. The fraction of sp³-hybridized carbons (Fsp3) is 0.733. The summed E-state index contributed by atoms with van der Waals surface area (Å²) in [5.41, 5.74) is 1.02. The lowest BCUT2D eigenvalue weighted by molar-refractivity contribution is 0.157. The zero-order valence-corrected chi connectivity index (χ0v) is 15.0. The smallest absolute Gasteiger partial charge is 0.250 e. The van der Waals surface area contributed by atoms with E-state index in [1.54, 1.807) is 6.07 Å². The maximum atomic E-state index is 12.2. The van der Waals surface area contributed by atoms with Crippen LogP contribution in [0.15, 0.2) is 10.3 Å². The number of thiophene rings is 1. The molecule has 1 aromatic rings. The van der Waals surface area contributed by atoms with Crippen molar-refractivity contribution in [2.45, 2.75) is 49.8 Å². The van der Waals surface area contributed by atoms with Crippen LogP contribution >= 0.6 is 11.3 Å². The van der Waals surface area contributed by atoms with Crippen molar-refractivity contribution in [3.8, 4) is 0 Å². The fourth-order valence-electron chi connectivity index (χ4n) is 2.79. The van der Waals surface area contributed by atoms with E-state index in [0.29, 0.717) is 16.8 Å². The molecule has 1 aliphatic rings. The average molecular weight is 347 g/mol. The van der Waals surface area contributed by atoms with Crippen molar-refractivity contribution in [3.63, 3.8) is 0 Å². The first-order valence-electron chi connectivity index (χ1n) is 7.85. The third kappa shape index (κ3) is 4.52. The number of likely N-dealkylation sites (tertiary alicyclic amines) is 1. The Labute approximate surface area is 137 Å². The summed E-state index contributed by atoms with van der Waals surface area (Å²) in [5.74, 6) is 0. The molecule has 1 aromatic heterocycles. The molecule has 2 heterocycles. The number of aliphatic hydroxyl groups excluding tert-OH is 1. The van der Waals surface area contributed by atoms with Crippen molar-refractivity contribution in [2.75, 3.05) is 26.2 Å². The van der Waals surface area contributed by atoms with Crippen molar-refractivity contribution in [3.05, 3.63) is 16.5 Å². The van der Waals surface area contributed by atoms with E-state index in [-0.39, 0.29) is 6.61 Å². The molecule has 1 fully saturated rings. The van der Waals surface area contributed by atoms with Crippen LogP contribution in [0.2, 0.25) is 0 Å². The van der Waals surface area contributed by atoms with Crippen LogP contribution in [0.1, 0.15) is 36.1 Å². The average Bonchev–Trinajstić information content (AvgIpc) is 3.06. The van der Waals surface area contributed by atoms with Crippen molar-refractivity contribution < 1.29 is 13.5 Å². The van der Waals surface area contributed by atoms with E-state index >= 15 is 0 Å². The van der Waals surface area contributed by atoms with Gasteiger partial charge in [-0.1, -0.05) is 0 Å². The normalized spacial score (nSPS) is 19.9. The maximum absolute atomic E-state index is 12.2. The highest BCUT2D eigenvalue weighted by Gasteiger charge is 2.23. The molecule has 7 heteroatoms. The van der Waals surface area contributed by atoms with Gasteiger partial charge < -0.3 is 5.11 Å². The topological polar surface area (TPSA) is 69.6 Å². The van der Waals surface area contributed by atoms with Crippen molar-refractivity contribution in [1.82, 2.24) is 9.62 Å². The summed E-state index contributed by atoms with van der Waals surface area (Å²) in [4.78, 5) is 3.35. The maximum Gasteiger partial charge on any atom is 0.250 e. The molecule has 0 spiro atoms. The molecule has 0 aliphatic carbocycles. The van der Waals surface area contributed by atoms with E-state index < -0.39 is 10.0 Å². The van der Waals surface area contributed by atoms with E-state index in [2.05, 4.69) is 9.62 Å². The van der Waals surface area contributed by atoms with E-state index in [1.807, 2.05) is 13.8 Å². The van der Waals surface area contributed by atoms with Gasteiger partial charge in [0.1, 0.15) is 4.21 Å². The van der Waals surface area contributed by atoms with Gasteiger partial charge in [0.25, 0.3) is 0 Å². The fourth-order valence-corrected chi connectivity index (χ4v) is 5.42. The Morgan fingerprint density at radius 3 is 2.82 bits per heavy atom. The highest BCUT2D eigenvalue weighted by molar-refractivity contribution is 7.91. The molecular weight excluding hydrogens is 320 g/mol. The van der Waals surface area contributed by atoms with Crippen LogP contribution in [0.4, 0.5) is 0 Å². The van der Waals surface area contributed by atoms with Gasteiger partial charge >= 0.3 is 0 Å². The minimum absolute atomic E-state index is 0.226. The van der Waals surface area contributed by atoms with Gasteiger partial charge in [0.15, 0.2) is 0 Å². The molecule has 0 amide bonds. The zero-order valence-electron chi connectivity index (χ0n) is 13.3. The summed E-state index contributed by atoms with van der Waals surface area (Å²) in [6, 6.07) is 2.03. The molecule has 0 saturated carbocycles. The third-order valence-corrected chi connectivity index (χ3v) is 7.37. The van der Waals surface area contributed by atoms with Crippen LogP contribution < -0.4 is 4.72 Å². The molecule has 2 N–H and O–H groups in total. The molecule has 1 aliphatic heterocycles. The van der Waals surface area contributed by atoms with Crippen molar-refractivity contribution in [1.29, 1.82) is 0 Å². The SMILES string of the molecule is Cc1cc(S(=O)(=O)NCCCCN2CCCC2CO)sc1C. The second-order valence-electron chi connectivity index (χ2n) is 5.92. The van der Waals surface area contributed by atoms with Gasteiger partial charge in [-0.3, -0.25) is 4.90 Å². The number of hydrogen-bond acceptors (Lipinski definition) is 5. The minimum atomic E-state index is -3.36. The number of sulfonamides is 1. The van der Waals surface area contributed by atoms with Crippen LogP contribution in [-0.4, -0.2) is 50.7 Å². The number of unbranched alkanes of at least 4 members (excludes halogenated alkanes) is 1. The molecule has 1 atom stereocenters. The minimum Gasteiger partial charge on any atom is -0.395 e. The standard InChI is InChI=1S/C15H26N2O3S2/c1-12-10-15(21-13(12)2)22(19,20)16-7-3-4-8-17-9-5-6-14(17)11-18/h10,14,16,18H,3-9,11H2,1-2H3. The molecule has 0 bridgehead atoms. The molecule has 5 nitrogen and oxygen atoms in total. The predicted molar refractivity (Wildman–Crippen MR) is 89.9 cm³/mol. The van der Waals surface area contributed by atoms with Crippen LogP contribution in [0.5, 0.6) is 0 Å². The van der Waals surface area contributed by atoms with Crippen LogP contribution in [-0.2, 0) is 10.0 Å². The Morgan fingerprint density at radius 1 is 1.41 bits per heavy atom. The Balaban J connectivity index is 1.72. The molecular formula is C15H26N2O3S2. The van der Waals surface area contributed by atoms with Gasteiger partial charge in [0.05, 0.1) is 6.61 Å². The van der Waals surface area contributed by atoms with Gasteiger partial charge in [-0.2, -0.15) is 0 Å². The van der Waals surface area contributed by atoms with E-state index in [4.69, 9.17) is 0 Å². The second-order valence-corrected chi connectivity index (χ2v) is 9.17. The van der Waals surface area contributed by atoms with E-state index in [9.17, 15) is 13.5 Å². The number of hydrogen-bond donors (Lipinski definition) is 2. The second kappa shape index (κ2) is 7.88. The van der Waals surface area contributed by atoms with Crippen LogP contribution in [0.25, 0.3) is 0 Å². The number of nitrogens with zero attached hydrogens (tertiary/aromatic N) is 1. The van der Waals surface area contributed by atoms with E-state index in [1.165, 1.54) is 11.3 Å². The van der Waals surface area contributed by atoms with Gasteiger partial charge in [-0.15, -0.1) is 11.3 Å². The highest BCUT2D eigenvalue weighted by Crippen LogP contribution is 2.24. The Kier molecular flexibility index (Phi) is 6.40. The number of aliphatic hydroxyl groups is 1. The summed E-state index contributed by atoms with van der Waals surface area (Å²) >= 11 is 1.32. The van der Waals surface area contributed by atoms with Gasteiger partial charge in [-0.25, -0.2) is 13.1 Å². The molecule has 0 aromatic carbocycles. The van der Waals surface area contributed by atoms with Gasteiger partial charge in [0.2, 0.25) is 10.0 Å². The molecule has 126 valence electrons. The predicted octanol–water partition coefficient (Wildman–Crippen LogP) is 1.88. The summed E-state index contributed by atoms with van der Waals surface area (Å²) in [6.45, 7) is 6.54. The van der Waals surface area contributed by atoms with Crippen molar-refractivity contribution >= 4 is 21.4 Å². The molecule has 1 unspecified atom stereocenters. The summed E-state index contributed by atoms with van der Waals surface area (Å²) in [7, 11) is -3.36. The summed E-state index contributed by atoms with van der Waals surface area (Å²) in [6.07, 6.45) is 3.98. The molecule has 1 saturated heterocycles. The van der Waals surface area contributed by atoms with Gasteiger partial charge in [-0.05, 0) is 64.3 Å². The largest absolute Gasteiger partial charge is 0.395 e. The first-order chi connectivity index (χ1) is 10.4. The van der Waals surface area contributed by atoms with Crippen LogP contribution in [0, 0.1) is 13.8 Å². The van der Waals surface area contributed by atoms with Crippen LogP contribution in [0.3, 0.4) is 0 Å². The monoisotopic (exact) mass is 346 g/mol. The number of aryl methyl sites for hydroxylation is 2. The molecule has 22 heavy (non-hydrogen) atoms. The Hall–Kier alpha value is -0.470. The van der Waals surface area contributed by atoms with Gasteiger partial charge in [0, 0.05) is 17.5 Å². The van der Waals surface area contributed by atoms with Crippen molar-refractivity contribution in [2.24, 2.45) is 0 Å². The quantitative estimate of drug-likeness (QED) is 0.705. The zero-order chi connectivity index (χ0) is 16.2. The number of rotatable bonds is 8. The lowest BCUT2D eigenvalue weighted by Gasteiger charge is -2.22. The first-order valence-corrected chi connectivity index (χ1v) is 10.2. The third-order valence-electron chi connectivity index (χ3n) is 4.28. The van der Waals surface area contributed by atoms with E-state index in [0.717, 1.165) is 49.2 Å². The summed E-state index contributed by atoms with van der Waals surface area (Å²) in [5, 5.41) is 9.26. The molecule has 2 rings (SSSR count). The molecule has 0 radical (unpaired) electrons. The Morgan fingerprint density at radius 2 is 2.18 bits per heavy atom. The highest BCUT2D eigenvalue weighted by atomic mass is 32.2. The lowest BCUT2D eigenvalue weighted by Crippen LogP contribution is -2.33. The first kappa shape index (κ1) is 17.9. The lowest BCUT2D eigenvalue weighted by atomic mass is 10.2. The number of nitrogens with one attached hydrogen (secondary N) is 1. The Bertz CT molecular complexity index is 564.